The zero-order valence-corrected chi connectivity index (χ0v) is 16.0. The Bertz CT molecular complexity index is 972. The van der Waals surface area contributed by atoms with E-state index in [4.69, 9.17) is 23.7 Å². The number of carbonyl (C=O) groups excluding carboxylic acids is 1. The van der Waals surface area contributed by atoms with Gasteiger partial charge >= 0.3 is 5.97 Å². The quantitative estimate of drug-likeness (QED) is 0.739. The van der Waals surface area contributed by atoms with E-state index in [1.807, 2.05) is 31.3 Å². The normalized spacial score (nSPS) is 22.5. The fourth-order valence-electron chi connectivity index (χ4n) is 4.44. The summed E-state index contributed by atoms with van der Waals surface area (Å²) in [5.74, 6) is 2.40. The number of esters is 1. The van der Waals surface area contributed by atoms with Crippen molar-refractivity contribution in [3.63, 3.8) is 0 Å². The van der Waals surface area contributed by atoms with Gasteiger partial charge in [0.1, 0.15) is 0 Å². The molecule has 0 unspecified atom stereocenters. The number of hydrogen-bond acceptors (Lipinski definition) is 7. The molecule has 0 saturated carbocycles. The van der Waals surface area contributed by atoms with Crippen LogP contribution in [0, 0.1) is 0 Å². The van der Waals surface area contributed by atoms with Crippen molar-refractivity contribution in [1.82, 2.24) is 4.90 Å². The molecule has 0 radical (unpaired) electrons. The number of aryl methyl sites for hydroxylation is 1. The molecule has 146 valence electrons. The molecule has 5 rings (SSSR count). The molecule has 7 heteroatoms. The molecule has 2 bridgehead atoms. The van der Waals surface area contributed by atoms with Crippen LogP contribution >= 0.6 is 0 Å². The number of ether oxygens (including phenoxy) is 5. The van der Waals surface area contributed by atoms with E-state index >= 15 is 0 Å². The summed E-state index contributed by atoms with van der Waals surface area (Å²) in [7, 11) is 5.15. The molecule has 0 spiro atoms. The Balaban J connectivity index is 1.77. The van der Waals surface area contributed by atoms with E-state index in [0.29, 0.717) is 24.3 Å². The van der Waals surface area contributed by atoms with Gasteiger partial charge in [-0.2, -0.15) is 0 Å². The van der Waals surface area contributed by atoms with Crippen molar-refractivity contribution in [3.8, 4) is 23.0 Å². The largest absolute Gasteiger partial charge is 0.493 e. The summed E-state index contributed by atoms with van der Waals surface area (Å²) in [5.41, 5.74) is 4.00. The molecule has 2 atom stereocenters. The number of fused-ring (bicyclic) bond motifs is 8. The number of nitrogens with zero attached hydrogens (tertiary/aromatic N) is 1. The van der Waals surface area contributed by atoms with Gasteiger partial charge in [-0.15, -0.1) is 0 Å². The summed E-state index contributed by atoms with van der Waals surface area (Å²) in [6.07, 6.45) is 0.337. The van der Waals surface area contributed by atoms with Crippen LogP contribution in [0.3, 0.4) is 0 Å². The number of carbonyl (C=O) groups is 1. The van der Waals surface area contributed by atoms with E-state index in [1.165, 1.54) is 0 Å². The van der Waals surface area contributed by atoms with Crippen LogP contribution in [0.4, 0.5) is 0 Å². The maximum absolute atomic E-state index is 12.6. The lowest BCUT2D eigenvalue weighted by molar-refractivity contribution is -0.158. The minimum atomic E-state index is -0.547. The van der Waals surface area contributed by atoms with Gasteiger partial charge in [0.2, 0.25) is 6.79 Å². The minimum absolute atomic E-state index is 0.102. The van der Waals surface area contributed by atoms with E-state index in [1.54, 1.807) is 14.2 Å². The topological polar surface area (TPSA) is 66.5 Å². The molecule has 0 aromatic heterocycles. The highest BCUT2D eigenvalue weighted by atomic mass is 16.7. The molecule has 2 aromatic rings. The fourth-order valence-corrected chi connectivity index (χ4v) is 4.44. The summed E-state index contributed by atoms with van der Waals surface area (Å²) in [4.78, 5) is 14.6. The second-order valence-electron chi connectivity index (χ2n) is 7.12. The zero-order valence-electron chi connectivity index (χ0n) is 16.0. The van der Waals surface area contributed by atoms with Gasteiger partial charge < -0.3 is 23.7 Å². The number of hydrogen-bond donors (Lipinski definition) is 0. The van der Waals surface area contributed by atoms with E-state index in [2.05, 4.69) is 4.90 Å². The lowest BCUT2D eigenvalue weighted by atomic mass is 9.91. The van der Waals surface area contributed by atoms with Crippen molar-refractivity contribution in [2.45, 2.75) is 25.1 Å². The van der Waals surface area contributed by atoms with Gasteiger partial charge in [-0.3, -0.25) is 9.69 Å². The summed E-state index contributed by atoms with van der Waals surface area (Å²) in [6.45, 7) is 0.213. The van der Waals surface area contributed by atoms with Crippen molar-refractivity contribution in [1.29, 1.82) is 0 Å². The van der Waals surface area contributed by atoms with Crippen LogP contribution in [0.15, 0.2) is 24.3 Å². The predicted molar refractivity (Wildman–Crippen MR) is 98.9 cm³/mol. The van der Waals surface area contributed by atoms with Crippen LogP contribution < -0.4 is 18.9 Å². The zero-order chi connectivity index (χ0) is 19.4. The van der Waals surface area contributed by atoms with Crippen LogP contribution in [0.25, 0.3) is 0 Å². The van der Waals surface area contributed by atoms with Crippen molar-refractivity contribution < 1.29 is 28.5 Å². The minimum Gasteiger partial charge on any atom is -0.493 e. The Kier molecular flexibility index (Phi) is 3.87. The summed E-state index contributed by atoms with van der Waals surface area (Å²) >= 11 is 0. The second kappa shape index (κ2) is 6.31. The molecule has 3 heterocycles. The van der Waals surface area contributed by atoms with E-state index in [-0.39, 0.29) is 18.8 Å². The molecule has 2 aromatic carbocycles. The average Bonchev–Trinajstić information content (AvgIpc) is 3.27. The highest BCUT2D eigenvalue weighted by Crippen LogP contribution is 2.53. The van der Waals surface area contributed by atoms with Crippen LogP contribution in [-0.2, 0) is 16.0 Å². The molecular formula is C21H21NO6. The maximum atomic E-state index is 12.6. The molecule has 3 aliphatic rings. The summed E-state index contributed by atoms with van der Waals surface area (Å²) < 4.78 is 28.2. The average molecular weight is 383 g/mol. The lowest BCUT2D eigenvalue weighted by Gasteiger charge is -2.26. The van der Waals surface area contributed by atoms with Gasteiger partial charge in [0.05, 0.1) is 25.8 Å². The summed E-state index contributed by atoms with van der Waals surface area (Å²) in [5, 5.41) is 0. The third kappa shape index (κ3) is 2.36. The third-order valence-corrected chi connectivity index (χ3v) is 5.71. The van der Waals surface area contributed by atoms with E-state index in [0.717, 1.165) is 33.8 Å². The van der Waals surface area contributed by atoms with Gasteiger partial charge in [-0.05, 0) is 48.4 Å². The van der Waals surface area contributed by atoms with Crippen molar-refractivity contribution in [2.75, 3.05) is 28.1 Å². The Morgan fingerprint density at radius 2 is 1.82 bits per heavy atom. The maximum Gasteiger partial charge on any atom is 0.307 e. The Labute approximate surface area is 162 Å². The van der Waals surface area contributed by atoms with Gasteiger partial charge in [-0.25, -0.2) is 0 Å². The first kappa shape index (κ1) is 17.2. The first-order valence-electron chi connectivity index (χ1n) is 9.21. The molecule has 0 aliphatic carbocycles. The summed E-state index contributed by atoms with van der Waals surface area (Å²) in [6, 6.07) is 7.81. The third-order valence-electron chi connectivity index (χ3n) is 5.71. The first-order chi connectivity index (χ1) is 13.6. The van der Waals surface area contributed by atoms with Gasteiger partial charge in [0.15, 0.2) is 29.2 Å². The molecule has 0 amide bonds. The van der Waals surface area contributed by atoms with Crippen molar-refractivity contribution in [2.24, 2.45) is 0 Å². The standard InChI is InChI=1S/C21H21NO6/c1-22-19-12-5-6-14(24-2)20(25-3)18(12)21(22)28-17(23)7-4-11-8-15-16(9-13(11)19)27-10-26-15/h5-6,8-9,19,21H,4,7,10H2,1-3H3/t19-,21-/m0/s1. The number of methoxy groups -OCH3 is 2. The van der Waals surface area contributed by atoms with Gasteiger partial charge in [0, 0.05) is 6.42 Å². The van der Waals surface area contributed by atoms with Crippen LogP contribution in [0.5, 0.6) is 23.0 Å². The number of benzene rings is 2. The first-order valence-corrected chi connectivity index (χ1v) is 9.21. The molecular weight excluding hydrogens is 362 g/mol. The lowest BCUT2D eigenvalue weighted by Crippen LogP contribution is -2.25. The highest BCUT2D eigenvalue weighted by molar-refractivity contribution is 5.72. The molecule has 0 N–H and O–H groups in total. The van der Waals surface area contributed by atoms with Crippen molar-refractivity contribution >= 4 is 5.97 Å². The van der Waals surface area contributed by atoms with E-state index < -0.39 is 6.23 Å². The predicted octanol–water partition coefficient (Wildman–Crippen LogP) is 2.96. The second-order valence-corrected chi connectivity index (χ2v) is 7.12. The highest BCUT2D eigenvalue weighted by Gasteiger charge is 2.44. The monoisotopic (exact) mass is 383 g/mol. The van der Waals surface area contributed by atoms with Gasteiger partial charge in [0.25, 0.3) is 0 Å². The van der Waals surface area contributed by atoms with Gasteiger partial charge in [-0.1, -0.05) is 6.07 Å². The van der Waals surface area contributed by atoms with Crippen LogP contribution in [-0.4, -0.2) is 38.9 Å². The Hall–Kier alpha value is -2.93. The Morgan fingerprint density at radius 1 is 1.04 bits per heavy atom. The van der Waals surface area contributed by atoms with Crippen LogP contribution in [0.2, 0.25) is 0 Å². The van der Waals surface area contributed by atoms with Crippen LogP contribution in [0.1, 0.15) is 40.9 Å². The molecule has 0 fully saturated rings. The molecule has 0 saturated heterocycles. The van der Waals surface area contributed by atoms with E-state index in [9.17, 15) is 4.79 Å². The van der Waals surface area contributed by atoms with Crippen molar-refractivity contribution in [3.05, 3.63) is 46.5 Å². The number of rotatable bonds is 2. The Morgan fingerprint density at radius 3 is 2.57 bits per heavy atom. The smallest absolute Gasteiger partial charge is 0.307 e. The molecule has 28 heavy (non-hydrogen) atoms. The fraction of sp³-hybridized carbons (Fsp3) is 0.381. The SMILES string of the molecule is COc1ccc2c(c1OC)[C@@H]1OC(=O)CCc3cc4c(cc3[C@H]2N1C)OCO4. The molecule has 3 aliphatic heterocycles. The molecule has 7 nitrogen and oxygen atoms in total.